The fourth-order valence-electron chi connectivity index (χ4n) is 2.09. The molecule has 0 bridgehead atoms. The third-order valence-corrected chi connectivity index (χ3v) is 3.87. The molecule has 21 heavy (non-hydrogen) atoms. The minimum Gasteiger partial charge on any atom is -0.405 e. The van der Waals surface area contributed by atoms with Crippen LogP contribution in [0.4, 0.5) is 13.2 Å². The van der Waals surface area contributed by atoms with Crippen molar-refractivity contribution in [2.24, 2.45) is 0 Å². The molecule has 1 heterocycles. The van der Waals surface area contributed by atoms with Crippen LogP contribution in [0.25, 0.3) is 0 Å². The van der Waals surface area contributed by atoms with Crippen molar-refractivity contribution in [3.8, 4) is 5.75 Å². The summed E-state index contributed by atoms with van der Waals surface area (Å²) >= 11 is 3.13. The zero-order valence-electron chi connectivity index (χ0n) is 11.3. The summed E-state index contributed by atoms with van der Waals surface area (Å²) in [4.78, 5) is 16.0. The second-order valence-corrected chi connectivity index (χ2v) is 5.61. The molecule has 0 atom stereocenters. The fourth-order valence-corrected chi connectivity index (χ4v) is 2.61. The summed E-state index contributed by atoms with van der Waals surface area (Å²) in [6, 6.07) is 4.06. The highest BCUT2D eigenvalue weighted by atomic mass is 79.9. The lowest BCUT2D eigenvalue weighted by Crippen LogP contribution is -2.47. The zero-order chi connectivity index (χ0) is 15.6. The Kier molecular flexibility index (Phi) is 4.77. The normalized spacial score (nSPS) is 16.9. The molecule has 1 aromatic rings. The van der Waals surface area contributed by atoms with Gasteiger partial charge >= 0.3 is 6.36 Å². The highest BCUT2D eigenvalue weighted by Gasteiger charge is 2.34. The molecule has 1 saturated heterocycles. The second-order valence-electron chi connectivity index (χ2n) is 4.76. The van der Waals surface area contributed by atoms with Crippen molar-refractivity contribution in [2.45, 2.75) is 6.36 Å². The monoisotopic (exact) mass is 366 g/mol. The number of amides is 1. The fraction of sp³-hybridized carbons (Fsp3) is 0.462. The third kappa shape index (κ3) is 4.10. The number of ether oxygens (including phenoxy) is 1. The highest BCUT2D eigenvalue weighted by molar-refractivity contribution is 9.10. The van der Waals surface area contributed by atoms with E-state index in [0.29, 0.717) is 26.2 Å². The summed E-state index contributed by atoms with van der Waals surface area (Å²) in [6.07, 6.45) is -4.84. The summed E-state index contributed by atoms with van der Waals surface area (Å²) in [7, 11) is 1.93. The van der Waals surface area contributed by atoms with Gasteiger partial charge in [0.25, 0.3) is 5.91 Å². The molecule has 0 saturated carbocycles. The SMILES string of the molecule is CN1CCN(C(=O)c2c(Br)cccc2OC(F)(F)F)CC1. The Morgan fingerprint density at radius 3 is 2.43 bits per heavy atom. The Bertz CT molecular complexity index is 529. The van der Waals surface area contributed by atoms with E-state index in [4.69, 9.17) is 0 Å². The van der Waals surface area contributed by atoms with Crippen molar-refractivity contribution in [1.29, 1.82) is 0 Å². The molecule has 1 amide bonds. The number of hydrogen-bond acceptors (Lipinski definition) is 3. The van der Waals surface area contributed by atoms with Gasteiger partial charge in [-0.05, 0) is 35.1 Å². The van der Waals surface area contributed by atoms with Gasteiger partial charge in [-0.25, -0.2) is 0 Å². The number of carbonyl (C=O) groups is 1. The van der Waals surface area contributed by atoms with Gasteiger partial charge in [-0.15, -0.1) is 13.2 Å². The maximum absolute atomic E-state index is 12.5. The first-order chi connectivity index (χ1) is 9.78. The van der Waals surface area contributed by atoms with Crippen LogP contribution in [-0.2, 0) is 0 Å². The van der Waals surface area contributed by atoms with Gasteiger partial charge in [0.1, 0.15) is 5.75 Å². The van der Waals surface area contributed by atoms with Crippen molar-refractivity contribution >= 4 is 21.8 Å². The van der Waals surface area contributed by atoms with Gasteiger partial charge in [-0.2, -0.15) is 0 Å². The molecule has 2 rings (SSSR count). The molecule has 116 valence electrons. The number of carbonyl (C=O) groups excluding carboxylic acids is 1. The molecule has 0 unspecified atom stereocenters. The molecule has 0 radical (unpaired) electrons. The first-order valence-corrected chi connectivity index (χ1v) is 7.09. The second kappa shape index (κ2) is 6.23. The quantitative estimate of drug-likeness (QED) is 0.806. The van der Waals surface area contributed by atoms with Crippen molar-refractivity contribution in [3.05, 3.63) is 28.2 Å². The molecule has 0 aromatic heterocycles. The molecule has 4 nitrogen and oxygen atoms in total. The summed E-state index contributed by atoms with van der Waals surface area (Å²) < 4.78 is 41.6. The van der Waals surface area contributed by atoms with Crippen LogP contribution >= 0.6 is 15.9 Å². The number of benzene rings is 1. The summed E-state index contributed by atoms with van der Waals surface area (Å²) in [6.45, 7) is 2.32. The topological polar surface area (TPSA) is 32.8 Å². The van der Waals surface area contributed by atoms with E-state index >= 15 is 0 Å². The number of rotatable bonds is 2. The minimum absolute atomic E-state index is 0.0978. The molecule has 1 aliphatic rings. The first kappa shape index (κ1) is 16.1. The average Bonchev–Trinajstić information content (AvgIpc) is 2.37. The van der Waals surface area contributed by atoms with Crippen LogP contribution in [0.5, 0.6) is 5.75 Å². The number of halogens is 4. The molecule has 0 aliphatic carbocycles. The van der Waals surface area contributed by atoms with E-state index in [1.54, 1.807) is 0 Å². The molecule has 8 heteroatoms. The lowest BCUT2D eigenvalue weighted by atomic mass is 10.1. The van der Waals surface area contributed by atoms with Crippen LogP contribution in [-0.4, -0.2) is 55.3 Å². The van der Waals surface area contributed by atoms with Gasteiger partial charge in [0.15, 0.2) is 0 Å². The molecular weight excluding hydrogens is 353 g/mol. The van der Waals surface area contributed by atoms with Gasteiger partial charge in [0.05, 0.1) is 5.56 Å². The Morgan fingerprint density at radius 1 is 1.24 bits per heavy atom. The molecule has 0 N–H and O–H groups in total. The summed E-state index contributed by atoms with van der Waals surface area (Å²) in [5.41, 5.74) is -0.0978. The third-order valence-electron chi connectivity index (χ3n) is 3.21. The number of alkyl halides is 3. The Morgan fingerprint density at radius 2 is 1.86 bits per heavy atom. The van der Waals surface area contributed by atoms with Crippen molar-refractivity contribution in [3.63, 3.8) is 0 Å². The Balaban J connectivity index is 2.27. The van der Waals surface area contributed by atoms with E-state index in [2.05, 4.69) is 25.6 Å². The van der Waals surface area contributed by atoms with Crippen LogP contribution in [0.15, 0.2) is 22.7 Å². The molecule has 1 aliphatic heterocycles. The van der Waals surface area contributed by atoms with Crippen LogP contribution in [0, 0.1) is 0 Å². The number of piperazine rings is 1. The molecule has 1 aromatic carbocycles. The summed E-state index contributed by atoms with van der Waals surface area (Å²) in [5, 5.41) is 0. The van der Waals surface area contributed by atoms with Gasteiger partial charge in [0, 0.05) is 30.7 Å². The predicted octanol–water partition coefficient (Wildman–Crippen LogP) is 2.74. The van der Waals surface area contributed by atoms with Crippen LogP contribution in [0.3, 0.4) is 0 Å². The molecule has 0 spiro atoms. The van der Waals surface area contributed by atoms with E-state index in [-0.39, 0.29) is 10.0 Å². The summed E-state index contributed by atoms with van der Waals surface area (Å²) in [5.74, 6) is -0.948. The smallest absolute Gasteiger partial charge is 0.405 e. The first-order valence-electron chi connectivity index (χ1n) is 6.30. The van der Waals surface area contributed by atoms with Crippen LogP contribution in [0.1, 0.15) is 10.4 Å². The van der Waals surface area contributed by atoms with E-state index in [0.717, 1.165) is 6.07 Å². The largest absolute Gasteiger partial charge is 0.573 e. The maximum atomic E-state index is 12.5. The van der Waals surface area contributed by atoms with Crippen LogP contribution < -0.4 is 4.74 Å². The van der Waals surface area contributed by atoms with E-state index in [9.17, 15) is 18.0 Å². The zero-order valence-corrected chi connectivity index (χ0v) is 12.9. The van der Waals surface area contributed by atoms with Crippen molar-refractivity contribution in [1.82, 2.24) is 9.80 Å². The van der Waals surface area contributed by atoms with E-state index < -0.39 is 18.0 Å². The molecular formula is C13H14BrF3N2O2. The van der Waals surface area contributed by atoms with E-state index in [1.807, 2.05) is 7.05 Å². The Labute approximate surface area is 128 Å². The van der Waals surface area contributed by atoms with Gasteiger partial charge in [-0.3, -0.25) is 4.79 Å². The predicted molar refractivity (Wildman–Crippen MR) is 74.2 cm³/mol. The maximum Gasteiger partial charge on any atom is 0.573 e. The minimum atomic E-state index is -4.84. The van der Waals surface area contributed by atoms with Gasteiger partial charge < -0.3 is 14.5 Å². The Hall–Kier alpha value is -1.28. The van der Waals surface area contributed by atoms with Gasteiger partial charge in [-0.1, -0.05) is 6.07 Å². The number of nitrogens with zero attached hydrogens (tertiary/aromatic N) is 2. The highest BCUT2D eigenvalue weighted by Crippen LogP contribution is 2.32. The lowest BCUT2D eigenvalue weighted by Gasteiger charge is -2.33. The number of hydrogen-bond donors (Lipinski definition) is 0. The van der Waals surface area contributed by atoms with Crippen LogP contribution in [0.2, 0.25) is 0 Å². The standard InChI is InChI=1S/C13H14BrF3N2O2/c1-18-5-7-19(8-6-18)12(20)11-9(14)3-2-4-10(11)21-13(15,16)17/h2-4H,5-8H2,1H3. The van der Waals surface area contributed by atoms with Gasteiger partial charge in [0.2, 0.25) is 0 Å². The van der Waals surface area contributed by atoms with Crippen molar-refractivity contribution < 1.29 is 22.7 Å². The molecule has 1 fully saturated rings. The average molecular weight is 367 g/mol. The van der Waals surface area contributed by atoms with E-state index in [1.165, 1.54) is 17.0 Å². The number of likely N-dealkylation sites (N-methyl/N-ethyl adjacent to an activating group) is 1. The lowest BCUT2D eigenvalue weighted by molar-refractivity contribution is -0.274. The van der Waals surface area contributed by atoms with Crippen molar-refractivity contribution in [2.75, 3.05) is 33.2 Å².